The summed E-state index contributed by atoms with van der Waals surface area (Å²) in [4.78, 5) is 35.8. The van der Waals surface area contributed by atoms with E-state index in [1.54, 1.807) is 19.9 Å². The Labute approximate surface area is 179 Å². The Kier molecular flexibility index (Phi) is 5.05. The van der Waals surface area contributed by atoms with Gasteiger partial charge in [-0.1, -0.05) is 19.9 Å². The largest absolute Gasteiger partial charge is 0.458 e. The topological polar surface area (TPSA) is 101 Å². The summed E-state index contributed by atoms with van der Waals surface area (Å²) in [5, 5.41) is 22.5. The van der Waals surface area contributed by atoms with E-state index in [1.807, 2.05) is 0 Å². The van der Waals surface area contributed by atoms with Crippen LogP contribution in [-0.4, -0.2) is 58.4 Å². The molecule has 3 fully saturated rings. The third-order valence-electron chi connectivity index (χ3n) is 8.48. The van der Waals surface area contributed by atoms with E-state index >= 15 is 8.78 Å². The summed E-state index contributed by atoms with van der Waals surface area (Å²) < 4.78 is 35.3. The minimum atomic E-state index is -2.44. The van der Waals surface area contributed by atoms with Crippen molar-refractivity contribution in [3.05, 3.63) is 23.8 Å². The molecule has 9 atom stereocenters. The number of aliphatic hydroxyl groups is 2. The molecule has 170 valence electrons. The van der Waals surface area contributed by atoms with Crippen molar-refractivity contribution in [1.82, 2.24) is 0 Å². The first-order chi connectivity index (χ1) is 14.4. The van der Waals surface area contributed by atoms with Crippen molar-refractivity contribution in [3.8, 4) is 0 Å². The maximum atomic E-state index is 15.3. The van der Waals surface area contributed by atoms with E-state index in [1.165, 1.54) is 12.2 Å². The van der Waals surface area contributed by atoms with Gasteiger partial charge in [0, 0.05) is 23.7 Å². The van der Waals surface area contributed by atoms with Gasteiger partial charge in [-0.15, -0.1) is 0 Å². The van der Waals surface area contributed by atoms with Crippen molar-refractivity contribution in [1.29, 1.82) is 0 Å². The summed E-state index contributed by atoms with van der Waals surface area (Å²) in [5.41, 5.74) is -4.39. The predicted molar refractivity (Wildman–Crippen MR) is 105 cm³/mol. The standard InChI is InChI=1S/C23H28F2O6/c1-11(26)31-10-19(29)23(30)18(25)8-14-13-7-16(24)15-6-12(27)4-5-21(15,2)20(13)17(28)9-22(14,23)3/h4-6,13-14,16-18,20,28,30H,7-10H2,1-3H3/t13?,14?,16-,17?,18+,20?,21?,22?,23-/m0/s1. The fourth-order valence-electron chi connectivity index (χ4n) is 7.08. The number of aliphatic hydroxyl groups excluding tert-OH is 1. The monoisotopic (exact) mass is 438 g/mol. The third-order valence-corrected chi connectivity index (χ3v) is 8.48. The number of Topliss-reactive ketones (excluding diaryl/α,β-unsaturated/α-hetero) is 1. The van der Waals surface area contributed by atoms with Crippen molar-refractivity contribution in [3.63, 3.8) is 0 Å². The molecule has 0 bridgehead atoms. The van der Waals surface area contributed by atoms with Gasteiger partial charge in [0.1, 0.15) is 12.3 Å². The number of carbonyl (C=O) groups excluding carboxylic acids is 3. The second-order valence-corrected chi connectivity index (χ2v) is 9.98. The average Bonchev–Trinajstić information content (AvgIpc) is 2.88. The smallest absolute Gasteiger partial charge is 0.303 e. The highest BCUT2D eigenvalue weighted by Crippen LogP contribution is 2.67. The molecule has 2 N–H and O–H groups in total. The van der Waals surface area contributed by atoms with E-state index in [0.717, 1.165) is 6.92 Å². The molecule has 0 amide bonds. The molecule has 8 heteroatoms. The van der Waals surface area contributed by atoms with Crippen LogP contribution >= 0.6 is 0 Å². The first-order valence-electron chi connectivity index (χ1n) is 10.7. The predicted octanol–water partition coefficient (Wildman–Crippen LogP) is 2.02. The van der Waals surface area contributed by atoms with Crippen molar-refractivity contribution < 1.29 is 38.1 Å². The molecule has 6 unspecified atom stereocenters. The molecule has 0 saturated heterocycles. The normalized spacial score (nSPS) is 48.4. The minimum absolute atomic E-state index is 0.0224. The highest BCUT2D eigenvalue weighted by Gasteiger charge is 2.72. The van der Waals surface area contributed by atoms with Crippen LogP contribution in [0.4, 0.5) is 8.78 Å². The van der Waals surface area contributed by atoms with Crippen molar-refractivity contribution in [2.45, 2.75) is 64.1 Å². The Balaban J connectivity index is 1.74. The zero-order chi connectivity index (χ0) is 22.9. The van der Waals surface area contributed by atoms with Gasteiger partial charge >= 0.3 is 5.97 Å². The number of allylic oxidation sites excluding steroid dienone is 4. The maximum absolute atomic E-state index is 15.3. The summed E-state index contributed by atoms with van der Waals surface area (Å²) in [6.45, 7) is 3.68. The third kappa shape index (κ3) is 2.90. The number of hydrogen-bond donors (Lipinski definition) is 2. The number of fused-ring (bicyclic) bond motifs is 5. The Morgan fingerprint density at radius 2 is 1.94 bits per heavy atom. The number of ether oxygens (including phenoxy) is 1. The summed E-state index contributed by atoms with van der Waals surface area (Å²) in [5.74, 6) is -3.53. The summed E-state index contributed by atoms with van der Waals surface area (Å²) in [7, 11) is 0. The molecule has 0 aromatic rings. The molecule has 31 heavy (non-hydrogen) atoms. The van der Waals surface area contributed by atoms with E-state index < -0.39 is 71.0 Å². The zero-order valence-electron chi connectivity index (χ0n) is 17.8. The van der Waals surface area contributed by atoms with E-state index in [4.69, 9.17) is 4.74 Å². The number of halogens is 2. The van der Waals surface area contributed by atoms with Crippen molar-refractivity contribution in [2.24, 2.45) is 28.6 Å². The lowest BCUT2D eigenvalue weighted by atomic mass is 9.46. The lowest BCUT2D eigenvalue weighted by molar-refractivity contribution is -0.189. The van der Waals surface area contributed by atoms with E-state index in [-0.39, 0.29) is 25.0 Å². The fraction of sp³-hybridized carbons (Fsp3) is 0.696. The van der Waals surface area contributed by atoms with Crippen molar-refractivity contribution in [2.75, 3.05) is 6.61 Å². The second kappa shape index (κ2) is 7.04. The van der Waals surface area contributed by atoms with E-state index in [9.17, 15) is 24.6 Å². The second-order valence-electron chi connectivity index (χ2n) is 9.98. The molecular formula is C23H28F2O6. The number of alkyl halides is 2. The molecule has 0 aromatic carbocycles. The average molecular weight is 438 g/mol. The molecule has 6 nitrogen and oxygen atoms in total. The van der Waals surface area contributed by atoms with Gasteiger partial charge in [-0.3, -0.25) is 14.4 Å². The number of rotatable bonds is 3. The van der Waals surface area contributed by atoms with Crippen LogP contribution in [0.1, 0.15) is 40.0 Å². The first kappa shape index (κ1) is 22.3. The Hall–Kier alpha value is -1.93. The minimum Gasteiger partial charge on any atom is -0.458 e. The van der Waals surface area contributed by atoms with Crippen LogP contribution in [0, 0.1) is 28.6 Å². The Morgan fingerprint density at radius 1 is 1.26 bits per heavy atom. The fourth-order valence-corrected chi connectivity index (χ4v) is 7.08. The molecule has 0 aliphatic heterocycles. The van der Waals surface area contributed by atoms with Crippen molar-refractivity contribution >= 4 is 17.5 Å². The van der Waals surface area contributed by atoms with Crippen LogP contribution in [0.2, 0.25) is 0 Å². The summed E-state index contributed by atoms with van der Waals surface area (Å²) in [6.07, 6.45) is -0.395. The lowest BCUT2D eigenvalue weighted by Crippen LogP contribution is -2.64. The van der Waals surface area contributed by atoms with E-state index in [2.05, 4.69) is 0 Å². The first-order valence-corrected chi connectivity index (χ1v) is 10.7. The molecule has 3 saturated carbocycles. The quantitative estimate of drug-likeness (QED) is 0.654. The summed E-state index contributed by atoms with van der Waals surface area (Å²) >= 11 is 0. The molecular weight excluding hydrogens is 410 g/mol. The Bertz CT molecular complexity index is 898. The molecule has 4 rings (SSSR count). The number of ketones is 2. The van der Waals surface area contributed by atoms with Crippen LogP contribution in [0.25, 0.3) is 0 Å². The van der Waals surface area contributed by atoms with Gasteiger partial charge in [-0.05, 0) is 48.8 Å². The molecule has 0 aromatic heterocycles. The van der Waals surface area contributed by atoms with Gasteiger partial charge in [-0.2, -0.15) is 0 Å². The highest BCUT2D eigenvalue weighted by atomic mass is 19.1. The van der Waals surface area contributed by atoms with E-state index in [0.29, 0.717) is 5.57 Å². The SMILES string of the molecule is CC(=O)OCC(=O)[C@@]1(O)[C@H](F)CC2C3C[C@H](F)C4=CC(=O)C=CC4(C)C3C(O)CC21C. The Morgan fingerprint density at radius 3 is 2.58 bits per heavy atom. The van der Waals surface area contributed by atoms with Crippen LogP contribution in [0.15, 0.2) is 23.8 Å². The maximum Gasteiger partial charge on any atom is 0.303 e. The molecule has 0 heterocycles. The van der Waals surface area contributed by atoms with Gasteiger partial charge < -0.3 is 14.9 Å². The van der Waals surface area contributed by atoms with Crippen LogP contribution in [-0.2, 0) is 19.1 Å². The zero-order valence-corrected chi connectivity index (χ0v) is 17.8. The number of hydrogen-bond acceptors (Lipinski definition) is 6. The lowest BCUT2D eigenvalue weighted by Gasteiger charge is -2.59. The highest BCUT2D eigenvalue weighted by molar-refractivity contribution is 6.01. The number of carbonyl (C=O) groups is 3. The van der Waals surface area contributed by atoms with Crippen LogP contribution < -0.4 is 0 Å². The molecule has 4 aliphatic carbocycles. The van der Waals surface area contributed by atoms with Gasteiger partial charge in [0.05, 0.1) is 6.10 Å². The molecule has 0 radical (unpaired) electrons. The van der Waals surface area contributed by atoms with Gasteiger partial charge in [0.2, 0.25) is 5.78 Å². The van der Waals surface area contributed by atoms with Gasteiger partial charge in [0.25, 0.3) is 0 Å². The van der Waals surface area contributed by atoms with Crippen LogP contribution in [0.3, 0.4) is 0 Å². The molecule has 4 aliphatic rings. The van der Waals surface area contributed by atoms with Gasteiger partial charge in [-0.25, -0.2) is 8.78 Å². The molecule has 0 spiro atoms. The summed E-state index contributed by atoms with van der Waals surface area (Å²) in [6, 6.07) is 0. The van der Waals surface area contributed by atoms with Gasteiger partial charge in [0.15, 0.2) is 18.0 Å². The number of esters is 1. The van der Waals surface area contributed by atoms with Crippen LogP contribution in [0.5, 0.6) is 0 Å².